The largest absolute Gasteiger partial charge is 0.491 e. The number of ether oxygens (including phenoxy) is 2. The lowest BCUT2D eigenvalue weighted by atomic mass is 10.0. The van der Waals surface area contributed by atoms with Crippen molar-refractivity contribution in [2.24, 2.45) is 0 Å². The van der Waals surface area contributed by atoms with E-state index in [0.717, 1.165) is 38.0 Å². The minimum Gasteiger partial charge on any atom is -0.491 e. The maximum atomic E-state index is 13.0. The molecule has 30 heavy (non-hydrogen) atoms. The Bertz CT molecular complexity index is 841. The van der Waals surface area contributed by atoms with Crippen LogP contribution in [0.5, 0.6) is 5.75 Å². The molecule has 0 saturated carbocycles. The molecule has 1 amide bonds. The van der Waals surface area contributed by atoms with E-state index in [1.807, 2.05) is 4.90 Å². The number of rotatable bonds is 6. The van der Waals surface area contributed by atoms with Gasteiger partial charge in [0.25, 0.3) is 0 Å². The first-order valence-corrected chi connectivity index (χ1v) is 10.1. The number of aromatic nitrogens is 2. The van der Waals surface area contributed by atoms with E-state index >= 15 is 0 Å². The average Bonchev–Trinajstić information content (AvgIpc) is 2.76. The third kappa shape index (κ3) is 5.22. The Morgan fingerprint density at radius 2 is 1.87 bits per heavy atom. The normalized spacial score (nSPS) is 21.0. The van der Waals surface area contributed by atoms with E-state index in [2.05, 4.69) is 14.9 Å². The highest BCUT2D eigenvalue weighted by molar-refractivity contribution is 5.78. The zero-order chi connectivity index (χ0) is 20.9. The van der Waals surface area contributed by atoms with Crippen molar-refractivity contribution in [3.8, 4) is 5.75 Å². The number of hydrogen-bond acceptors (Lipinski definition) is 7. The Kier molecular flexibility index (Phi) is 6.39. The Hall–Kier alpha value is -2.78. The van der Waals surface area contributed by atoms with Gasteiger partial charge in [0.1, 0.15) is 30.9 Å². The molecule has 2 fully saturated rings. The van der Waals surface area contributed by atoms with Crippen molar-refractivity contribution in [3.63, 3.8) is 0 Å². The molecule has 2 aliphatic rings. The number of amides is 1. The van der Waals surface area contributed by atoms with Crippen LogP contribution in [0.1, 0.15) is 18.4 Å². The molecule has 1 atom stereocenters. The van der Waals surface area contributed by atoms with E-state index in [1.54, 1.807) is 24.5 Å². The molecular formula is C21H26FN5O3. The number of nitrogens with zero attached hydrogens (tertiary/aromatic N) is 4. The van der Waals surface area contributed by atoms with Crippen LogP contribution in [0.15, 0.2) is 36.7 Å². The summed E-state index contributed by atoms with van der Waals surface area (Å²) in [7, 11) is 0. The number of nitrogen functional groups attached to an aromatic ring is 1. The highest BCUT2D eigenvalue weighted by Crippen LogP contribution is 2.22. The highest BCUT2D eigenvalue weighted by Gasteiger charge is 2.33. The van der Waals surface area contributed by atoms with Gasteiger partial charge in [-0.25, -0.2) is 14.4 Å². The first kappa shape index (κ1) is 20.5. The van der Waals surface area contributed by atoms with Gasteiger partial charge in [0.2, 0.25) is 11.9 Å². The molecule has 2 saturated heterocycles. The van der Waals surface area contributed by atoms with Gasteiger partial charge >= 0.3 is 0 Å². The van der Waals surface area contributed by atoms with Crippen molar-refractivity contribution >= 4 is 11.9 Å². The standard InChI is InChI=1S/C21H26FN5O3/c22-16-1-3-18(4-2-16)29-13-19-12-27(20(28)14-30-19)17-5-7-26(8-6-17)11-15-9-24-21(23)25-10-15/h1-4,9-10,17,19H,5-8,11-14H2,(H2,23,24,25)/t19-/m1/s1. The lowest BCUT2D eigenvalue weighted by Crippen LogP contribution is -2.55. The van der Waals surface area contributed by atoms with Crippen LogP contribution in [0.25, 0.3) is 0 Å². The molecule has 0 radical (unpaired) electrons. The molecule has 160 valence electrons. The minimum atomic E-state index is -0.302. The van der Waals surface area contributed by atoms with Crippen molar-refractivity contribution in [1.29, 1.82) is 0 Å². The van der Waals surface area contributed by atoms with E-state index in [4.69, 9.17) is 15.2 Å². The monoisotopic (exact) mass is 415 g/mol. The fourth-order valence-corrected chi connectivity index (χ4v) is 3.91. The minimum absolute atomic E-state index is 0.0263. The number of carbonyl (C=O) groups excluding carboxylic acids is 1. The summed E-state index contributed by atoms with van der Waals surface area (Å²) in [5, 5.41) is 0. The second kappa shape index (κ2) is 9.36. The van der Waals surface area contributed by atoms with Crippen LogP contribution in [0.2, 0.25) is 0 Å². The molecule has 9 heteroatoms. The smallest absolute Gasteiger partial charge is 0.248 e. The molecule has 0 bridgehead atoms. The van der Waals surface area contributed by atoms with Crippen molar-refractivity contribution in [1.82, 2.24) is 19.8 Å². The Morgan fingerprint density at radius 3 is 2.57 bits per heavy atom. The van der Waals surface area contributed by atoms with Gasteiger partial charge < -0.3 is 20.1 Å². The van der Waals surface area contributed by atoms with Crippen molar-refractivity contribution in [2.75, 3.05) is 38.6 Å². The highest BCUT2D eigenvalue weighted by atomic mass is 19.1. The molecule has 1 aromatic carbocycles. The number of anilines is 1. The summed E-state index contributed by atoms with van der Waals surface area (Å²) in [4.78, 5) is 24.8. The number of benzene rings is 1. The SMILES string of the molecule is Nc1ncc(CN2CCC(N3C[C@H](COc4ccc(F)cc4)OCC3=O)CC2)cn1. The van der Waals surface area contributed by atoms with Gasteiger partial charge in [-0.3, -0.25) is 9.69 Å². The molecule has 2 N–H and O–H groups in total. The number of nitrogens with two attached hydrogens (primary N) is 1. The van der Waals surface area contributed by atoms with Crippen LogP contribution in [0, 0.1) is 5.82 Å². The number of likely N-dealkylation sites (tertiary alicyclic amines) is 1. The fourth-order valence-electron chi connectivity index (χ4n) is 3.91. The van der Waals surface area contributed by atoms with Crippen LogP contribution in [0.3, 0.4) is 0 Å². The van der Waals surface area contributed by atoms with E-state index in [0.29, 0.717) is 18.9 Å². The Morgan fingerprint density at radius 1 is 1.17 bits per heavy atom. The average molecular weight is 415 g/mol. The van der Waals surface area contributed by atoms with E-state index < -0.39 is 0 Å². The molecule has 3 heterocycles. The summed E-state index contributed by atoms with van der Waals surface area (Å²) in [6.07, 6.45) is 5.13. The van der Waals surface area contributed by atoms with Crippen LogP contribution in [-0.4, -0.2) is 70.7 Å². The van der Waals surface area contributed by atoms with E-state index in [9.17, 15) is 9.18 Å². The zero-order valence-corrected chi connectivity index (χ0v) is 16.7. The number of halogens is 1. The molecular weight excluding hydrogens is 389 g/mol. The molecule has 4 rings (SSSR count). The number of morpholine rings is 1. The second-order valence-corrected chi connectivity index (χ2v) is 7.70. The zero-order valence-electron chi connectivity index (χ0n) is 16.7. The van der Waals surface area contributed by atoms with Crippen molar-refractivity contribution in [3.05, 3.63) is 48.0 Å². The van der Waals surface area contributed by atoms with Crippen molar-refractivity contribution < 1.29 is 18.7 Å². The summed E-state index contributed by atoms with van der Waals surface area (Å²) in [5.74, 6) is 0.589. The third-order valence-electron chi connectivity index (χ3n) is 5.54. The fraction of sp³-hybridized carbons (Fsp3) is 0.476. The van der Waals surface area contributed by atoms with Gasteiger partial charge in [0.15, 0.2) is 0 Å². The summed E-state index contributed by atoms with van der Waals surface area (Å²) in [5.41, 5.74) is 6.57. The molecule has 0 spiro atoms. The van der Waals surface area contributed by atoms with Crippen molar-refractivity contribution in [2.45, 2.75) is 31.5 Å². The molecule has 0 aliphatic carbocycles. The van der Waals surface area contributed by atoms with Gasteiger partial charge in [-0.1, -0.05) is 0 Å². The predicted molar refractivity (Wildman–Crippen MR) is 108 cm³/mol. The maximum Gasteiger partial charge on any atom is 0.248 e. The van der Waals surface area contributed by atoms with Crippen LogP contribution < -0.4 is 10.5 Å². The third-order valence-corrected chi connectivity index (χ3v) is 5.54. The Balaban J connectivity index is 1.26. The Labute approximate surface area is 174 Å². The van der Waals surface area contributed by atoms with Crippen LogP contribution in [-0.2, 0) is 16.1 Å². The topological polar surface area (TPSA) is 93.8 Å². The lowest BCUT2D eigenvalue weighted by Gasteiger charge is -2.42. The summed E-state index contributed by atoms with van der Waals surface area (Å²) in [6.45, 7) is 3.48. The van der Waals surface area contributed by atoms with Gasteiger partial charge in [-0.05, 0) is 37.1 Å². The summed E-state index contributed by atoms with van der Waals surface area (Å²) < 4.78 is 24.4. The maximum absolute atomic E-state index is 13.0. The number of piperidine rings is 1. The molecule has 0 unspecified atom stereocenters. The molecule has 1 aromatic heterocycles. The van der Waals surface area contributed by atoms with Gasteiger partial charge in [-0.2, -0.15) is 0 Å². The van der Waals surface area contributed by atoms with E-state index in [1.165, 1.54) is 12.1 Å². The first-order valence-electron chi connectivity index (χ1n) is 10.1. The first-order chi connectivity index (χ1) is 14.6. The lowest BCUT2D eigenvalue weighted by molar-refractivity contribution is -0.155. The van der Waals surface area contributed by atoms with Gasteiger partial charge in [0.05, 0.1) is 6.54 Å². The van der Waals surface area contributed by atoms with E-state index in [-0.39, 0.29) is 36.4 Å². The second-order valence-electron chi connectivity index (χ2n) is 7.70. The predicted octanol–water partition coefficient (Wildman–Crippen LogP) is 1.47. The van der Waals surface area contributed by atoms with Gasteiger partial charge in [-0.15, -0.1) is 0 Å². The molecule has 8 nitrogen and oxygen atoms in total. The number of hydrogen-bond donors (Lipinski definition) is 1. The summed E-state index contributed by atoms with van der Waals surface area (Å²) in [6, 6.07) is 6.09. The number of carbonyl (C=O) groups is 1. The summed E-state index contributed by atoms with van der Waals surface area (Å²) >= 11 is 0. The van der Waals surface area contributed by atoms with Gasteiger partial charge in [0, 0.05) is 43.6 Å². The molecule has 2 aliphatic heterocycles. The van der Waals surface area contributed by atoms with Crippen LogP contribution in [0.4, 0.5) is 10.3 Å². The molecule has 2 aromatic rings. The van der Waals surface area contributed by atoms with Crippen LogP contribution >= 0.6 is 0 Å². The quantitative estimate of drug-likeness (QED) is 0.764.